The van der Waals surface area contributed by atoms with Crippen molar-refractivity contribution in [3.8, 4) is 0 Å². The van der Waals surface area contributed by atoms with E-state index in [1.165, 1.54) is 43.3 Å². The largest absolute Gasteiger partial charge is 0.348 e. The summed E-state index contributed by atoms with van der Waals surface area (Å²) in [5.74, 6) is -1.35. The predicted octanol–water partition coefficient (Wildman–Crippen LogP) is 0.972. The number of nitrogens with zero attached hydrogens (tertiary/aromatic N) is 1. The van der Waals surface area contributed by atoms with Crippen LogP contribution in [0.5, 0.6) is 0 Å². The molecule has 1 saturated carbocycles. The predicted molar refractivity (Wildman–Crippen MR) is 102 cm³/mol. The monoisotopic (exact) mass is 403 g/mol. The Labute approximate surface area is 160 Å². The Balaban J connectivity index is 0.00000338. The number of nitrogens with one attached hydrogen (secondary N) is 1. The molecule has 1 fully saturated rings. The van der Waals surface area contributed by atoms with Gasteiger partial charge in [-0.3, -0.25) is 9.59 Å². The number of hydrogen-bond acceptors (Lipinski definition) is 5. The highest BCUT2D eigenvalue weighted by atomic mass is 35.5. The lowest BCUT2D eigenvalue weighted by Crippen LogP contribution is -2.51. The number of halogens is 1. The van der Waals surface area contributed by atoms with Crippen molar-refractivity contribution < 1.29 is 18.0 Å². The minimum absolute atomic E-state index is 0. The number of hydrogen-bond donors (Lipinski definition) is 2. The summed E-state index contributed by atoms with van der Waals surface area (Å²) in [5.41, 5.74) is 5.83. The van der Waals surface area contributed by atoms with Gasteiger partial charge < -0.3 is 16.0 Å². The van der Waals surface area contributed by atoms with Crippen molar-refractivity contribution >= 4 is 34.1 Å². The number of amides is 2. The fraction of sp³-hybridized carbons (Fsp3) is 0.529. The lowest BCUT2D eigenvalue weighted by molar-refractivity contribution is -0.125. The normalized spacial score (nSPS) is 15.8. The first kappa shape index (κ1) is 22.4. The SMILES string of the molecule is CN(C)C(=O)CS(=O)(=O)c1ccc(C(=O)NC2(CN)CCCC2)cc1.Cl. The van der Waals surface area contributed by atoms with Gasteiger partial charge in [-0.1, -0.05) is 12.8 Å². The Kier molecular flexibility index (Phi) is 7.61. The second kappa shape index (κ2) is 8.83. The highest BCUT2D eigenvalue weighted by Crippen LogP contribution is 2.29. The van der Waals surface area contributed by atoms with Crippen molar-refractivity contribution in [3.63, 3.8) is 0 Å². The van der Waals surface area contributed by atoms with E-state index in [2.05, 4.69) is 5.32 Å². The molecule has 146 valence electrons. The molecule has 0 saturated heterocycles. The summed E-state index contributed by atoms with van der Waals surface area (Å²) in [6.45, 7) is 0.387. The molecule has 2 rings (SSSR count). The first-order chi connectivity index (χ1) is 11.7. The number of carbonyl (C=O) groups excluding carboxylic acids is 2. The molecule has 0 spiro atoms. The fourth-order valence-corrected chi connectivity index (χ4v) is 4.23. The summed E-state index contributed by atoms with van der Waals surface area (Å²) in [4.78, 5) is 25.3. The van der Waals surface area contributed by atoms with Gasteiger partial charge in [0, 0.05) is 26.2 Å². The zero-order valence-electron chi connectivity index (χ0n) is 15.0. The summed E-state index contributed by atoms with van der Waals surface area (Å²) in [6.07, 6.45) is 3.78. The van der Waals surface area contributed by atoms with E-state index >= 15 is 0 Å². The molecule has 1 aliphatic rings. The van der Waals surface area contributed by atoms with Crippen LogP contribution in [0.4, 0.5) is 0 Å². The molecule has 3 N–H and O–H groups in total. The third-order valence-corrected chi connectivity index (χ3v) is 6.24. The average Bonchev–Trinajstić information content (AvgIpc) is 3.03. The van der Waals surface area contributed by atoms with E-state index < -0.39 is 21.5 Å². The molecule has 0 heterocycles. The van der Waals surface area contributed by atoms with Crippen molar-refractivity contribution in [2.75, 3.05) is 26.4 Å². The van der Waals surface area contributed by atoms with Crippen LogP contribution in [-0.4, -0.2) is 57.1 Å². The molecule has 0 atom stereocenters. The Morgan fingerprint density at radius 3 is 2.15 bits per heavy atom. The van der Waals surface area contributed by atoms with Crippen LogP contribution in [0.25, 0.3) is 0 Å². The van der Waals surface area contributed by atoms with E-state index in [0.29, 0.717) is 12.1 Å². The van der Waals surface area contributed by atoms with Crippen LogP contribution in [0.2, 0.25) is 0 Å². The van der Waals surface area contributed by atoms with Crippen LogP contribution in [-0.2, 0) is 14.6 Å². The van der Waals surface area contributed by atoms with Gasteiger partial charge in [-0.25, -0.2) is 8.42 Å². The van der Waals surface area contributed by atoms with Gasteiger partial charge in [0.2, 0.25) is 5.91 Å². The van der Waals surface area contributed by atoms with Gasteiger partial charge in [0.1, 0.15) is 5.75 Å². The zero-order valence-corrected chi connectivity index (χ0v) is 16.7. The summed E-state index contributed by atoms with van der Waals surface area (Å²) >= 11 is 0. The average molecular weight is 404 g/mol. The highest BCUT2D eigenvalue weighted by Gasteiger charge is 2.34. The van der Waals surface area contributed by atoms with Crippen LogP contribution >= 0.6 is 12.4 Å². The number of carbonyl (C=O) groups is 2. The molecule has 0 aliphatic heterocycles. The van der Waals surface area contributed by atoms with Crippen LogP contribution < -0.4 is 11.1 Å². The molecule has 2 amide bonds. The minimum Gasteiger partial charge on any atom is -0.348 e. The van der Waals surface area contributed by atoms with Gasteiger partial charge in [-0.05, 0) is 37.1 Å². The molecule has 1 aliphatic carbocycles. The standard InChI is InChI=1S/C17H25N3O4S.ClH/c1-20(2)15(21)11-25(23,24)14-7-5-13(6-8-14)16(22)19-17(12-18)9-3-4-10-17;/h5-8H,3-4,9-12,18H2,1-2H3,(H,19,22);1H. The molecule has 0 unspecified atom stereocenters. The van der Waals surface area contributed by atoms with Gasteiger partial charge in [-0.2, -0.15) is 0 Å². The maximum atomic E-state index is 12.4. The van der Waals surface area contributed by atoms with Crippen molar-refractivity contribution in [2.24, 2.45) is 5.73 Å². The molecule has 1 aromatic carbocycles. The summed E-state index contributed by atoms with van der Waals surface area (Å²) in [7, 11) is -0.726. The summed E-state index contributed by atoms with van der Waals surface area (Å²) < 4.78 is 24.5. The molecule has 0 aromatic heterocycles. The van der Waals surface area contributed by atoms with Gasteiger partial charge in [0.15, 0.2) is 9.84 Å². The first-order valence-electron chi connectivity index (χ1n) is 8.25. The zero-order chi connectivity index (χ0) is 18.7. The third-order valence-electron chi connectivity index (χ3n) is 4.62. The summed E-state index contributed by atoms with van der Waals surface area (Å²) in [6, 6.07) is 5.64. The third kappa shape index (κ3) is 5.18. The topological polar surface area (TPSA) is 110 Å². The maximum absolute atomic E-state index is 12.4. The van der Waals surface area contributed by atoms with E-state index in [1.807, 2.05) is 0 Å². The molecule has 1 aromatic rings. The fourth-order valence-electron chi connectivity index (χ4n) is 2.93. The first-order valence-corrected chi connectivity index (χ1v) is 9.90. The minimum atomic E-state index is -3.73. The Hall–Kier alpha value is -1.64. The highest BCUT2D eigenvalue weighted by molar-refractivity contribution is 7.92. The lowest BCUT2D eigenvalue weighted by atomic mass is 9.97. The van der Waals surface area contributed by atoms with Crippen molar-refractivity contribution in [1.82, 2.24) is 10.2 Å². The van der Waals surface area contributed by atoms with Crippen LogP contribution in [0.3, 0.4) is 0 Å². The number of sulfone groups is 1. The van der Waals surface area contributed by atoms with E-state index in [-0.39, 0.29) is 28.7 Å². The number of benzene rings is 1. The van der Waals surface area contributed by atoms with Crippen LogP contribution in [0, 0.1) is 0 Å². The van der Waals surface area contributed by atoms with E-state index in [0.717, 1.165) is 25.7 Å². The second-order valence-corrected chi connectivity index (χ2v) is 8.71. The molecule has 9 heteroatoms. The number of nitrogens with two attached hydrogens (primary N) is 1. The lowest BCUT2D eigenvalue weighted by Gasteiger charge is -2.28. The molecular formula is C17H26ClN3O4S. The van der Waals surface area contributed by atoms with Crippen molar-refractivity contribution in [3.05, 3.63) is 29.8 Å². The Morgan fingerprint density at radius 1 is 1.15 bits per heavy atom. The maximum Gasteiger partial charge on any atom is 0.251 e. The Bertz CT molecular complexity index is 742. The van der Waals surface area contributed by atoms with E-state index in [1.54, 1.807) is 0 Å². The molecule has 0 bridgehead atoms. The van der Waals surface area contributed by atoms with Crippen LogP contribution in [0.1, 0.15) is 36.0 Å². The van der Waals surface area contributed by atoms with E-state index in [4.69, 9.17) is 5.73 Å². The van der Waals surface area contributed by atoms with Gasteiger partial charge in [-0.15, -0.1) is 12.4 Å². The molecule has 7 nitrogen and oxygen atoms in total. The van der Waals surface area contributed by atoms with Gasteiger partial charge in [0.05, 0.1) is 10.4 Å². The summed E-state index contributed by atoms with van der Waals surface area (Å²) in [5, 5.41) is 2.99. The smallest absolute Gasteiger partial charge is 0.251 e. The van der Waals surface area contributed by atoms with Gasteiger partial charge in [0.25, 0.3) is 5.91 Å². The van der Waals surface area contributed by atoms with Gasteiger partial charge >= 0.3 is 0 Å². The van der Waals surface area contributed by atoms with E-state index in [9.17, 15) is 18.0 Å². The quantitative estimate of drug-likeness (QED) is 0.735. The molecule has 0 radical (unpaired) electrons. The second-order valence-electron chi connectivity index (χ2n) is 6.72. The van der Waals surface area contributed by atoms with Crippen molar-refractivity contribution in [2.45, 2.75) is 36.1 Å². The van der Waals surface area contributed by atoms with Crippen molar-refractivity contribution in [1.29, 1.82) is 0 Å². The molecule has 26 heavy (non-hydrogen) atoms. The number of rotatable bonds is 6. The Morgan fingerprint density at radius 2 is 1.69 bits per heavy atom. The molecular weight excluding hydrogens is 378 g/mol. The van der Waals surface area contributed by atoms with Crippen LogP contribution in [0.15, 0.2) is 29.2 Å².